The Kier molecular flexibility index (Phi) is 2.21. The smallest absolute Gasteiger partial charge is 0.0459 e. The molecule has 1 aliphatic carbocycles. The Morgan fingerprint density at radius 2 is 2.16 bits per heavy atom. The molecule has 1 aromatic carbocycles. The minimum absolute atomic E-state index is 0.423. The first-order valence-electron chi connectivity index (χ1n) is 7.34. The highest BCUT2D eigenvalue weighted by Gasteiger charge is 2.42. The molecule has 2 heteroatoms. The molecule has 0 radical (unpaired) electrons. The van der Waals surface area contributed by atoms with Gasteiger partial charge < -0.3 is 9.88 Å². The average Bonchev–Trinajstić information content (AvgIpc) is 2.75. The third kappa shape index (κ3) is 1.59. The van der Waals surface area contributed by atoms with Crippen molar-refractivity contribution in [2.45, 2.75) is 38.6 Å². The molecule has 2 heterocycles. The zero-order chi connectivity index (χ0) is 13.2. The monoisotopic (exact) mass is 254 g/mol. The van der Waals surface area contributed by atoms with Gasteiger partial charge in [-0.15, -0.1) is 0 Å². The predicted octanol–water partition coefficient (Wildman–Crippen LogP) is 3.54. The Hall–Kier alpha value is -1.28. The second-order valence-electron chi connectivity index (χ2n) is 7.25. The van der Waals surface area contributed by atoms with Crippen molar-refractivity contribution in [1.82, 2.24) is 9.88 Å². The van der Waals surface area contributed by atoms with E-state index in [9.17, 15) is 0 Å². The van der Waals surface area contributed by atoms with E-state index in [1.807, 2.05) is 0 Å². The molecule has 100 valence electrons. The maximum Gasteiger partial charge on any atom is 0.0459 e. The van der Waals surface area contributed by atoms with Gasteiger partial charge in [-0.3, -0.25) is 0 Å². The normalized spacial score (nSPS) is 29.4. The Labute approximate surface area is 114 Å². The van der Waals surface area contributed by atoms with Crippen molar-refractivity contribution in [3.05, 3.63) is 35.5 Å². The number of hydrogen-bond acceptors (Lipinski definition) is 1. The number of H-pyrrole nitrogens is 1. The SMILES string of the molecule is CN1CC(C)(C)C[C@H]2c3cccc4[nH]cc(c34)C[C@@H]21. The first-order chi connectivity index (χ1) is 9.05. The van der Waals surface area contributed by atoms with Crippen LogP contribution in [0.2, 0.25) is 0 Å². The van der Waals surface area contributed by atoms with Crippen LogP contribution in [0.4, 0.5) is 0 Å². The van der Waals surface area contributed by atoms with Gasteiger partial charge in [0.05, 0.1) is 0 Å². The molecule has 1 aliphatic heterocycles. The molecule has 1 N–H and O–H groups in total. The van der Waals surface area contributed by atoms with Crippen LogP contribution < -0.4 is 0 Å². The molecule has 4 rings (SSSR count). The molecule has 19 heavy (non-hydrogen) atoms. The molecule has 0 saturated carbocycles. The van der Waals surface area contributed by atoms with Gasteiger partial charge in [0.2, 0.25) is 0 Å². The molecule has 2 atom stereocenters. The Morgan fingerprint density at radius 3 is 3.00 bits per heavy atom. The lowest BCUT2D eigenvalue weighted by Gasteiger charge is -2.49. The molecule has 0 bridgehead atoms. The maximum absolute atomic E-state index is 3.45. The van der Waals surface area contributed by atoms with Gasteiger partial charge in [0, 0.05) is 35.6 Å². The fourth-order valence-electron chi connectivity index (χ4n) is 4.49. The van der Waals surface area contributed by atoms with Crippen LogP contribution in [0, 0.1) is 5.41 Å². The number of nitrogens with zero attached hydrogens (tertiary/aromatic N) is 1. The highest BCUT2D eigenvalue weighted by atomic mass is 15.2. The highest BCUT2D eigenvalue weighted by Crippen LogP contribution is 2.47. The van der Waals surface area contributed by atoms with Crippen LogP contribution in [0.1, 0.15) is 37.3 Å². The van der Waals surface area contributed by atoms with Crippen LogP contribution in [0.25, 0.3) is 10.9 Å². The quantitative estimate of drug-likeness (QED) is 0.762. The van der Waals surface area contributed by atoms with E-state index in [0.29, 0.717) is 17.4 Å². The van der Waals surface area contributed by atoms with Gasteiger partial charge in [0.1, 0.15) is 0 Å². The van der Waals surface area contributed by atoms with Crippen molar-refractivity contribution in [3.8, 4) is 0 Å². The summed E-state index contributed by atoms with van der Waals surface area (Å²) in [7, 11) is 2.30. The molecule has 1 saturated heterocycles. The summed E-state index contributed by atoms with van der Waals surface area (Å²) >= 11 is 0. The van der Waals surface area contributed by atoms with E-state index < -0.39 is 0 Å². The minimum Gasteiger partial charge on any atom is -0.361 e. The fraction of sp³-hybridized carbons (Fsp3) is 0.529. The molecule has 0 amide bonds. The summed E-state index contributed by atoms with van der Waals surface area (Å²) in [5, 5.41) is 1.51. The highest BCUT2D eigenvalue weighted by molar-refractivity contribution is 5.88. The summed E-state index contributed by atoms with van der Waals surface area (Å²) in [6, 6.07) is 7.45. The van der Waals surface area contributed by atoms with Gasteiger partial charge in [-0.05, 0) is 42.5 Å². The van der Waals surface area contributed by atoms with E-state index in [1.54, 1.807) is 5.56 Å². The third-order valence-electron chi connectivity index (χ3n) is 5.13. The van der Waals surface area contributed by atoms with Crippen LogP contribution in [0.15, 0.2) is 24.4 Å². The number of hydrogen-bond donors (Lipinski definition) is 1. The van der Waals surface area contributed by atoms with E-state index in [-0.39, 0.29) is 0 Å². The number of likely N-dealkylation sites (tertiary alicyclic amines) is 1. The summed E-state index contributed by atoms with van der Waals surface area (Å²) in [4.78, 5) is 6.03. The third-order valence-corrected chi connectivity index (χ3v) is 5.13. The summed E-state index contributed by atoms with van der Waals surface area (Å²) < 4.78 is 0. The summed E-state index contributed by atoms with van der Waals surface area (Å²) in [6.07, 6.45) is 4.73. The second kappa shape index (κ2) is 3.63. The molecular weight excluding hydrogens is 232 g/mol. The van der Waals surface area contributed by atoms with E-state index in [0.717, 1.165) is 0 Å². The van der Waals surface area contributed by atoms with Crippen LogP contribution in [-0.2, 0) is 6.42 Å². The number of likely N-dealkylation sites (N-methyl/N-ethyl adjacent to an activating group) is 1. The van der Waals surface area contributed by atoms with Gasteiger partial charge in [-0.1, -0.05) is 26.0 Å². The predicted molar refractivity (Wildman–Crippen MR) is 79.6 cm³/mol. The molecular formula is C17H22N2. The van der Waals surface area contributed by atoms with Crippen molar-refractivity contribution in [1.29, 1.82) is 0 Å². The van der Waals surface area contributed by atoms with Crippen LogP contribution in [0.5, 0.6) is 0 Å². The van der Waals surface area contributed by atoms with Crippen molar-refractivity contribution < 1.29 is 0 Å². The number of benzene rings is 1. The van der Waals surface area contributed by atoms with Crippen LogP contribution in [-0.4, -0.2) is 29.5 Å². The van der Waals surface area contributed by atoms with E-state index in [1.165, 1.54) is 35.9 Å². The zero-order valence-electron chi connectivity index (χ0n) is 12.0. The zero-order valence-corrected chi connectivity index (χ0v) is 12.0. The van der Waals surface area contributed by atoms with Crippen LogP contribution in [0.3, 0.4) is 0 Å². The lowest BCUT2D eigenvalue weighted by molar-refractivity contribution is 0.0650. The number of nitrogens with one attached hydrogen (secondary N) is 1. The summed E-state index contributed by atoms with van der Waals surface area (Å²) in [6.45, 7) is 6.03. The minimum atomic E-state index is 0.423. The van der Waals surface area contributed by atoms with E-state index in [4.69, 9.17) is 0 Å². The second-order valence-corrected chi connectivity index (χ2v) is 7.25. The summed E-state index contributed by atoms with van der Waals surface area (Å²) in [5.74, 6) is 0.695. The van der Waals surface area contributed by atoms with E-state index in [2.05, 4.69) is 55.2 Å². The van der Waals surface area contributed by atoms with Crippen molar-refractivity contribution in [2.24, 2.45) is 5.41 Å². The molecule has 2 aliphatic rings. The van der Waals surface area contributed by atoms with Crippen molar-refractivity contribution in [3.63, 3.8) is 0 Å². The maximum atomic E-state index is 3.45. The van der Waals surface area contributed by atoms with Crippen molar-refractivity contribution in [2.75, 3.05) is 13.6 Å². The number of rotatable bonds is 0. The van der Waals surface area contributed by atoms with Gasteiger partial charge in [0.15, 0.2) is 0 Å². The topological polar surface area (TPSA) is 19.0 Å². The molecule has 1 fully saturated rings. The van der Waals surface area contributed by atoms with Gasteiger partial charge in [-0.25, -0.2) is 0 Å². The van der Waals surface area contributed by atoms with Gasteiger partial charge in [0.25, 0.3) is 0 Å². The first kappa shape index (κ1) is 11.5. The molecule has 1 aromatic heterocycles. The van der Waals surface area contributed by atoms with E-state index >= 15 is 0 Å². The Morgan fingerprint density at radius 1 is 1.32 bits per heavy atom. The van der Waals surface area contributed by atoms with Gasteiger partial charge >= 0.3 is 0 Å². The molecule has 2 nitrogen and oxygen atoms in total. The molecule has 2 aromatic rings. The lowest BCUT2D eigenvalue weighted by atomic mass is 9.68. The Bertz CT molecular complexity index is 638. The number of piperidine rings is 1. The van der Waals surface area contributed by atoms with Gasteiger partial charge in [-0.2, -0.15) is 0 Å². The molecule has 0 unspecified atom stereocenters. The number of aromatic nitrogens is 1. The Balaban J connectivity index is 1.91. The average molecular weight is 254 g/mol. The molecule has 0 spiro atoms. The fourth-order valence-corrected chi connectivity index (χ4v) is 4.49. The number of fused-ring (bicyclic) bond motifs is 2. The van der Waals surface area contributed by atoms with Crippen molar-refractivity contribution >= 4 is 10.9 Å². The largest absolute Gasteiger partial charge is 0.361 e. The summed E-state index contributed by atoms with van der Waals surface area (Å²) in [5.41, 5.74) is 4.83. The standard InChI is InChI=1S/C17H22N2/c1-17(2)8-13-12-5-4-6-14-16(12)11(9-18-14)7-15(13)19(3)10-17/h4-6,9,13,15,18H,7-8,10H2,1-3H3/t13-,15-/m0/s1. The lowest BCUT2D eigenvalue weighted by Crippen LogP contribution is -2.50. The first-order valence-corrected chi connectivity index (χ1v) is 7.34. The number of aromatic amines is 1. The van der Waals surface area contributed by atoms with Crippen LogP contribution >= 0.6 is 0 Å².